The molecule has 1 heterocycles. The van der Waals surface area contributed by atoms with Crippen molar-refractivity contribution in [1.29, 1.82) is 0 Å². The lowest BCUT2D eigenvalue weighted by Gasteiger charge is -2.36. The van der Waals surface area contributed by atoms with Crippen molar-refractivity contribution in [2.24, 2.45) is 0 Å². The fourth-order valence-corrected chi connectivity index (χ4v) is 2.86. The molecule has 3 heteroatoms. The first-order valence-electron chi connectivity index (χ1n) is 7.92. The lowest BCUT2D eigenvalue weighted by molar-refractivity contribution is 0.115. The maximum Gasteiger partial charge on any atom is 0.119 e. The molecule has 0 N–H and O–H groups in total. The number of likely N-dealkylation sites (tertiary alicyclic amines) is 1. The minimum atomic E-state index is 0.667. The molecule has 1 aliphatic rings. The maximum atomic E-state index is 5.86. The van der Waals surface area contributed by atoms with Crippen molar-refractivity contribution in [2.75, 3.05) is 39.8 Å². The molecule has 0 aromatic heterocycles. The molecule has 0 aliphatic carbocycles. The molecular formula is C18H28N2O. The number of nitrogens with zero attached hydrogens (tertiary/aromatic N) is 2. The Morgan fingerprint density at radius 1 is 1.29 bits per heavy atom. The molecule has 1 aromatic carbocycles. The third-order valence-corrected chi connectivity index (χ3v) is 4.24. The second-order valence-corrected chi connectivity index (χ2v) is 5.98. The normalized spacial score (nSPS) is 17.1. The van der Waals surface area contributed by atoms with Gasteiger partial charge in [0.15, 0.2) is 0 Å². The van der Waals surface area contributed by atoms with E-state index in [4.69, 9.17) is 4.74 Å². The summed E-state index contributed by atoms with van der Waals surface area (Å²) in [6.07, 6.45) is 4.49. The predicted molar refractivity (Wildman–Crippen MR) is 89.0 cm³/mol. The standard InChI is InChI=1S/C18H28N2O/c1-4-11-20(17-9-12-19(3)13-10-17)14-15-21-18-7-5-16(2)6-8-18/h4-8,17H,1,9-15H2,2-3H3. The topological polar surface area (TPSA) is 15.7 Å². The third-order valence-electron chi connectivity index (χ3n) is 4.24. The Kier molecular flexibility index (Phi) is 6.27. The second-order valence-electron chi connectivity index (χ2n) is 5.98. The van der Waals surface area contributed by atoms with Gasteiger partial charge < -0.3 is 9.64 Å². The van der Waals surface area contributed by atoms with Gasteiger partial charge in [0.1, 0.15) is 12.4 Å². The van der Waals surface area contributed by atoms with E-state index in [1.807, 2.05) is 18.2 Å². The summed E-state index contributed by atoms with van der Waals surface area (Å²) >= 11 is 0. The monoisotopic (exact) mass is 288 g/mol. The molecule has 0 unspecified atom stereocenters. The van der Waals surface area contributed by atoms with Crippen LogP contribution in [0.4, 0.5) is 0 Å². The number of ether oxygens (including phenoxy) is 1. The molecule has 1 aliphatic heterocycles. The van der Waals surface area contributed by atoms with Gasteiger partial charge >= 0.3 is 0 Å². The molecule has 0 radical (unpaired) electrons. The van der Waals surface area contributed by atoms with Gasteiger partial charge in [0, 0.05) is 19.1 Å². The number of piperidine rings is 1. The van der Waals surface area contributed by atoms with E-state index in [2.05, 4.69) is 42.5 Å². The number of hydrogen-bond donors (Lipinski definition) is 0. The van der Waals surface area contributed by atoms with Crippen LogP contribution in [0, 0.1) is 6.92 Å². The minimum absolute atomic E-state index is 0.667. The molecule has 1 aromatic rings. The van der Waals surface area contributed by atoms with Gasteiger partial charge in [-0.2, -0.15) is 0 Å². The summed E-state index contributed by atoms with van der Waals surface area (Å²) in [5.74, 6) is 0.961. The molecule has 0 spiro atoms. The Bertz CT molecular complexity index is 421. The minimum Gasteiger partial charge on any atom is -0.492 e. The van der Waals surface area contributed by atoms with E-state index >= 15 is 0 Å². The summed E-state index contributed by atoms with van der Waals surface area (Å²) < 4.78 is 5.86. The van der Waals surface area contributed by atoms with Crippen LogP contribution in [0.15, 0.2) is 36.9 Å². The lowest BCUT2D eigenvalue weighted by atomic mass is 10.0. The highest BCUT2D eigenvalue weighted by Gasteiger charge is 2.22. The number of hydrogen-bond acceptors (Lipinski definition) is 3. The van der Waals surface area contributed by atoms with Crippen LogP contribution < -0.4 is 4.74 Å². The SMILES string of the molecule is C=CCN(CCOc1ccc(C)cc1)C1CCN(C)CC1. The molecule has 3 nitrogen and oxygen atoms in total. The Balaban J connectivity index is 1.79. The van der Waals surface area contributed by atoms with Gasteiger partial charge in [-0.1, -0.05) is 23.8 Å². The van der Waals surface area contributed by atoms with Crippen molar-refractivity contribution < 1.29 is 4.74 Å². The van der Waals surface area contributed by atoms with Gasteiger partial charge in [-0.05, 0) is 52.0 Å². The highest BCUT2D eigenvalue weighted by molar-refractivity contribution is 5.26. The zero-order valence-electron chi connectivity index (χ0n) is 13.4. The Labute approximate surface area is 129 Å². The van der Waals surface area contributed by atoms with Gasteiger partial charge in [-0.25, -0.2) is 0 Å². The van der Waals surface area contributed by atoms with E-state index in [1.54, 1.807) is 0 Å². The zero-order valence-corrected chi connectivity index (χ0v) is 13.4. The Hall–Kier alpha value is -1.32. The van der Waals surface area contributed by atoms with E-state index in [1.165, 1.54) is 31.5 Å². The summed E-state index contributed by atoms with van der Waals surface area (Å²) in [4.78, 5) is 4.92. The summed E-state index contributed by atoms with van der Waals surface area (Å²) in [5, 5.41) is 0. The summed E-state index contributed by atoms with van der Waals surface area (Å²) in [7, 11) is 2.20. The Morgan fingerprint density at radius 3 is 2.57 bits per heavy atom. The zero-order chi connectivity index (χ0) is 15.1. The quantitative estimate of drug-likeness (QED) is 0.718. The molecule has 116 valence electrons. The first-order chi connectivity index (χ1) is 10.2. The van der Waals surface area contributed by atoms with Crippen LogP contribution in [0.2, 0.25) is 0 Å². The molecule has 0 atom stereocenters. The highest BCUT2D eigenvalue weighted by Crippen LogP contribution is 2.16. The van der Waals surface area contributed by atoms with Crippen molar-refractivity contribution in [1.82, 2.24) is 9.80 Å². The fourth-order valence-electron chi connectivity index (χ4n) is 2.86. The first kappa shape index (κ1) is 16.1. The molecule has 2 rings (SSSR count). The molecule has 1 fully saturated rings. The summed E-state index contributed by atoms with van der Waals surface area (Å²) in [6, 6.07) is 8.94. The van der Waals surface area contributed by atoms with Crippen LogP contribution in [-0.4, -0.2) is 55.7 Å². The van der Waals surface area contributed by atoms with Crippen LogP contribution >= 0.6 is 0 Å². The molecule has 1 saturated heterocycles. The molecule has 21 heavy (non-hydrogen) atoms. The van der Waals surface area contributed by atoms with E-state index in [0.717, 1.165) is 25.4 Å². The van der Waals surface area contributed by atoms with Gasteiger partial charge in [-0.3, -0.25) is 4.90 Å². The maximum absolute atomic E-state index is 5.86. The van der Waals surface area contributed by atoms with Crippen molar-refractivity contribution in [3.63, 3.8) is 0 Å². The average Bonchev–Trinajstić information content (AvgIpc) is 2.49. The summed E-state index contributed by atoms with van der Waals surface area (Å²) in [5.41, 5.74) is 1.27. The smallest absolute Gasteiger partial charge is 0.119 e. The van der Waals surface area contributed by atoms with Crippen LogP contribution in [0.5, 0.6) is 5.75 Å². The molecule has 0 amide bonds. The highest BCUT2D eigenvalue weighted by atomic mass is 16.5. The summed E-state index contributed by atoms with van der Waals surface area (Å²) in [6.45, 7) is 11.0. The van der Waals surface area contributed by atoms with E-state index in [9.17, 15) is 0 Å². The number of aryl methyl sites for hydroxylation is 1. The van der Waals surface area contributed by atoms with Crippen LogP contribution in [0.1, 0.15) is 18.4 Å². The third kappa shape index (κ3) is 5.18. The molecule has 0 saturated carbocycles. The van der Waals surface area contributed by atoms with Crippen LogP contribution in [0.3, 0.4) is 0 Å². The predicted octanol–water partition coefficient (Wildman–Crippen LogP) is 2.96. The van der Waals surface area contributed by atoms with Crippen molar-refractivity contribution in [3.05, 3.63) is 42.5 Å². The van der Waals surface area contributed by atoms with Crippen molar-refractivity contribution in [3.8, 4) is 5.75 Å². The number of benzene rings is 1. The average molecular weight is 288 g/mol. The van der Waals surface area contributed by atoms with E-state index in [0.29, 0.717) is 6.04 Å². The van der Waals surface area contributed by atoms with Gasteiger partial charge in [0.05, 0.1) is 0 Å². The Morgan fingerprint density at radius 2 is 1.95 bits per heavy atom. The van der Waals surface area contributed by atoms with Gasteiger partial charge in [-0.15, -0.1) is 6.58 Å². The molecular weight excluding hydrogens is 260 g/mol. The van der Waals surface area contributed by atoms with Crippen molar-refractivity contribution in [2.45, 2.75) is 25.8 Å². The second kappa shape index (κ2) is 8.20. The van der Waals surface area contributed by atoms with E-state index < -0.39 is 0 Å². The number of rotatable bonds is 7. The largest absolute Gasteiger partial charge is 0.492 e. The van der Waals surface area contributed by atoms with Crippen molar-refractivity contribution >= 4 is 0 Å². The van der Waals surface area contributed by atoms with Crippen LogP contribution in [0.25, 0.3) is 0 Å². The van der Waals surface area contributed by atoms with E-state index in [-0.39, 0.29) is 0 Å². The first-order valence-corrected chi connectivity index (χ1v) is 7.92. The van der Waals surface area contributed by atoms with Gasteiger partial charge in [0.25, 0.3) is 0 Å². The van der Waals surface area contributed by atoms with Gasteiger partial charge in [0.2, 0.25) is 0 Å². The van der Waals surface area contributed by atoms with Crippen LogP contribution in [-0.2, 0) is 0 Å². The molecule has 0 bridgehead atoms. The fraction of sp³-hybridized carbons (Fsp3) is 0.556. The lowest BCUT2D eigenvalue weighted by Crippen LogP contribution is -2.45.